The van der Waals surface area contributed by atoms with Gasteiger partial charge < -0.3 is 9.72 Å². The molecule has 1 N–H and O–H groups in total. The van der Waals surface area contributed by atoms with Gasteiger partial charge in [0.25, 0.3) is 0 Å². The summed E-state index contributed by atoms with van der Waals surface area (Å²) in [6.07, 6.45) is 3.87. The van der Waals surface area contributed by atoms with E-state index in [1.807, 2.05) is 0 Å². The predicted octanol–water partition coefficient (Wildman–Crippen LogP) is 1.23. The van der Waals surface area contributed by atoms with Crippen LogP contribution < -0.4 is 5.43 Å². The molecule has 0 saturated carbocycles. The van der Waals surface area contributed by atoms with Gasteiger partial charge in [-0.3, -0.25) is 4.79 Å². The summed E-state index contributed by atoms with van der Waals surface area (Å²) in [4.78, 5) is 14.0. The predicted molar refractivity (Wildman–Crippen MR) is 45.0 cm³/mol. The Labute approximate surface area is 70.4 Å². The lowest BCUT2D eigenvalue weighted by molar-refractivity contribution is 0.108. The maximum Gasteiger partial charge on any atom is 0.181 e. The SMILES string of the molecule is O=c1cc[nH]c(C2CCCO2)c1. The first-order valence-corrected chi connectivity index (χ1v) is 4.16. The van der Waals surface area contributed by atoms with Gasteiger partial charge in [0.05, 0.1) is 6.10 Å². The van der Waals surface area contributed by atoms with Crippen molar-refractivity contribution in [1.29, 1.82) is 0 Å². The molecule has 0 aromatic carbocycles. The van der Waals surface area contributed by atoms with Gasteiger partial charge >= 0.3 is 0 Å². The van der Waals surface area contributed by atoms with Gasteiger partial charge in [-0.15, -0.1) is 0 Å². The van der Waals surface area contributed by atoms with Crippen molar-refractivity contribution in [2.45, 2.75) is 18.9 Å². The van der Waals surface area contributed by atoms with Crippen LogP contribution in [0.15, 0.2) is 23.1 Å². The molecular formula is C9H11NO2. The Kier molecular flexibility index (Phi) is 1.96. The van der Waals surface area contributed by atoms with E-state index in [-0.39, 0.29) is 11.5 Å². The van der Waals surface area contributed by atoms with Crippen LogP contribution in [0.4, 0.5) is 0 Å². The van der Waals surface area contributed by atoms with Crippen LogP contribution in [0.3, 0.4) is 0 Å². The molecular weight excluding hydrogens is 154 g/mol. The second-order valence-electron chi connectivity index (χ2n) is 2.98. The number of nitrogens with one attached hydrogen (secondary N) is 1. The molecule has 1 aliphatic rings. The number of hydrogen-bond acceptors (Lipinski definition) is 2. The minimum absolute atomic E-state index is 0.0410. The van der Waals surface area contributed by atoms with E-state index in [9.17, 15) is 4.79 Å². The highest BCUT2D eigenvalue weighted by Crippen LogP contribution is 2.25. The van der Waals surface area contributed by atoms with Gasteiger partial charge in [-0.2, -0.15) is 0 Å². The van der Waals surface area contributed by atoms with Crippen LogP contribution in [-0.4, -0.2) is 11.6 Å². The molecule has 0 aliphatic carbocycles. The van der Waals surface area contributed by atoms with Crippen molar-refractivity contribution >= 4 is 0 Å². The van der Waals surface area contributed by atoms with Crippen LogP contribution in [0.2, 0.25) is 0 Å². The van der Waals surface area contributed by atoms with E-state index < -0.39 is 0 Å². The summed E-state index contributed by atoms with van der Waals surface area (Å²) >= 11 is 0. The molecule has 1 unspecified atom stereocenters. The molecule has 1 saturated heterocycles. The Morgan fingerprint density at radius 3 is 3.17 bits per heavy atom. The average molecular weight is 165 g/mol. The summed E-state index contributed by atoms with van der Waals surface area (Å²) in [5, 5.41) is 0. The average Bonchev–Trinajstić information content (AvgIpc) is 2.56. The summed E-state index contributed by atoms with van der Waals surface area (Å²) in [6, 6.07) is 3.12. The Balaban J connectivity index is 2.27. The van der Waals surface area contributed by atoms with Crippen LogP contribution in [0.1, 0.15) is 24.6 Å². The van der Waals surface area contributed by atoms with Crippen molar-refractivity contribution < 1.29 is 4.74 Å². The van der Waals surface area contributed by atoms with Gasteiger partial charge in [0.1, 0.15) is 0 Å². The highest BCUT2D eigenvalue weighted by Gasteiger charge is 2.17. The van der Waals surface area contributed by atoms with Crippen molar-refractivity contribution in [2.24, 2.45) is 0 Å². The standard InChI is InChI=1S/C9H11NO2/c11-7-3-4-10-8(6-7)9-2-1-5-12-9/h3-4,6,9H,1-2,5H2,(H,10,11). The fourth-order valence-corrected chi connectivity index (χ4v) is 1.47. The van der Waals surface area contributed by atoms with Crippen LogP contribution in [-0.2, 0) is 4.74 Å². The first-order valence-electron chi connectivity index (χ1n) is 4.16. The van der Waals surface area contributed by atoms with Gasteiger partial charge in [0.15, 0.2) is 5.43 Å². The second kappa shape index (κ2) is 3.11. The van der Waals surface area contributed by atoms with E-state index in [1.54, 1.807) is 12.3 Å². The largest absolute Gasteiger partial charge is 0.372 e. The monoisotopic (exact) mass is 165 g/mol. The van der Waals surface area contributed by atoms with Crippen LogP contribution >= 0.6 is 0 Å². The van der Waals surface area contributed by atoms with Crippen molar-refractivity contribution in [1.82, 2.24) is 4.98 Å². The highest BCUT2D eigenvalue weighted by molar-refractivity contribution is 5.08. The van der Waals surface area contributed by atoms with E-state index in [0.717, 1.165) is 25.1 Å². The fourth-order valence-electron chi connectivity index (χ4n) is 1.47. The lowest BCUT2D eigenvalue weighted by Gasteiger charge is -2.07. The van der Waals surface area contributed by atoms with Crippen LogP contribution in [0.5, 0.6) is 0 Å². The van der Waals surface area contributed by atoms with Crippen LogP contribution in [0, 0.1) is 0 Å². The zero-order valence-corrected chi connectivity index (χ0v) is 6.75. The minimum Gasteiger partial charge on any atom is -0.372 e. The third-order valence-corrected chi connectivity index (χ3v) is 2.07. The summed E-state index contributed by atoms with van der Waals surface area (Å²) < 4.78 is 5.42. The van der Waals surface area contributed by atoms with Gasteiger partial charge in [0.2, 0.25) is 0 Å². The molecule has 3 heteroatoms. The van der Waals surface area contributed by atoms with Crippen molar-refractivity contribution in [2.75, 3.05) is 6.61 Å². The quantitative estimate of drug-likeness (QED) is 0.680. The summed E-state index contributed by atoms with van der Waals surface area (Å²) in [5.41, 5.74) is 0.944. The Morgan fingerprint density at radius 2 is 2.50 bits per heavy atom. The zero-order valence-electron chi connectivity index (χ0n) is 6.75. The fraction of sp³-hybridized carbons (Fsp3) is 0.444. The molecule has 1 aromatic rings. The summed E-state index contributed by atoms with van der Waals surface area (Å²) in [6.45, 7) is 0.807. The van der Waals surface area contributed by atoms with Gasteiger partial charge in [-0.1, -0.05) is 0 Å². The molecule has 0 spiro atoms. The summed E-state index contributed by atoms with van der Waals surface area (Å²) in [5.74, 6) is 0. The number of pyridine rings is 1. The number of rotatable bonds is 1. The van der Waals surface area contributed by atoms with E-state index in [2.05, 4.69) is 4.98 Å². The molecule has 0 bridgehead atoms. The Hall–Kier alpha value is -1.09. The first kappa shape index (κ1) is 7.55. The first-order chi connectivity index (χ1) is 5.86. The molecule has 0 amide bonds. The zero-order chi connectivity index (χ0) is 8.39. The maximum atomic E-state index is 11.0. The Bertz CT molecular complexity index is 312. The normalized spacial score (nSPS) is 22.8. The minimum atomic E-state index is 0.0410. The summed E-state index contributed by atoms with van der Waals surface area (Å²) in [7, 11) is 0. The van der Waals surface area contributed by atoms with Crippen molar-refractivity contribution in [3.63, 3.8) is 0 Å². The number of H-pyrrole nitrogens is 1. The molecule has 1 fully saturated rings. The molecule has 2 heterocycles. The number of hydrogen-bond donors (Lipinski definition) is 1. The molecule has 2 rings (SSSR count). The molecule has 1 aromatic heterocycles. The smallest absolute Gasteiger partial charge is 0.181 e. The molecule has 0 radical (unpaired) electrons. The third kappa shape index (κ3) is 1.41. The highest BCUT2D eigenvalue weighted by atomic mass is 16.5. The number of ether oxygens (including phenoxy) is 1. The molecule has 1 aliphatic heterocycles. The Morgan fingerprint density at radius 1 is 1.58 bits per heavy atom. The lowest BCUT2D eigenvalue weighted by atomic mass is 10.1. The lowest BCUT2D eigenvalue weighted by Crippen LogP contribution is -2.05. The van der Waals surface area contributed by atoms with E-state index in [1.165, 1.54) is 6.07 Å². The third-order valence-electron chi connectivity index (χ3n) is 2.07. The topological polar surface area (TPSA) is 42.1 Å². The van der Waals surface area contributed by atoms with Gasteiger partial charge in [-0.25, -0.2) is 0 Å². The number of aromatic nitrogens is 1. The second-order valence-corrected chi connectivity index (χ2v) is 2.98. The number of aromatic amines is 1. The van der Waals surface area contributed by atoms with Crippen molar-refractivity contribution in [3.8, 4) is 0 Å². The van der Waals surface area contributed by atoms with Gasteiger partial charge in [0, 0.05) is 30.6 Å². The molecule has 3 nitrogen and oxygen atoms in total. The molecule has 64 valence electrons. The van der Waals surface area contributed by atoms with Gasteiger partial charge in [-0.05, 0) is 12.8 Å². The molecule has 1 atom stereocenters. The van der Waals surface area contributed by atoms with E-state index >= 15 is 0 Å². The van der Waals surface area contributed by atoms with Crippen molar-refractivity contribution in [3.05, 3.63) is 34.2 Å². The maximum absolute atomic E-state index is 11.0. The van der Waals surface area contributed by atoms with E-state index in [0.29, 0.717) is 0 Å². The van der Waals surface area contributed by atoms with E-state index in [4.69, 9.17) is 4.74 Å². The van der Waals surface area contributed by atoms with Crippen LogP contribution in [0.25, 0.3) is 0 Å². The molecule has 12 heavy (non-hydrogen) atoms.